The first-order valence-electron chi connectivity index (χ1n) is 10.8. The van der Waals surface area contributed by atoms with Gasteiger partial charge in [-0.15, -0.1) is 4.91 Å². The number of hydrogen-bond acceptors (Lipinski definition) is 8. The lowest BCUT2D eigenvalue weighted by molar-refractivity contribution is 0.0925. The molecule has 0 fully saturated rings. The van der Waals surface area contributed by atoms with Gasteiger partial charge in [0.1, 0.15) is 22.1 Å². The number of aliphatic hydroxyl groups is 1. The second kappa shape index (κ2) is 9.70. The van der Waals surface area contributed by atoms with Gasteiger partial charge in [-0.2, -0.15) is 0 Å². The lowest BCUT2D eigenvalue weighted by atomic mass is 9.94. The number of hydrogen-bond donors (Lipinski definition) is 4. The molecule has 34 heavy (non-hydrogen) atoms. The number of aliphatic imine (C=N–C) groups is 1. The standard InChI is InChI=1S/C24H25N5O4S/c1-12-3-4-14-8-16(9-15(14)7-12)21(31)18-6-5-17(10-19(18)28-33)27-24-20(23(32)29-34-24)22(25)26-13(2)11-30/h3-7,10,13,16,27,30H,8-9,11H2,1-2H3,(H2,25,26)(H,29,32). The number of aryl methyl sites for hydroxylation is 1. The van der Waals surface area contributed by atoms with Crippen LogP contribution in [0.1, 0.15) is 39.5 Å². The van der Waals surface area contributed by atoms with Crippen molar-refractivity contribution < 1.29 is 9.90 Å². The zero-order chi connectivity index (χ0) is 24.4. The van der Waals surface area contributed by atoms with Crippen molar-refractivity contribution in [1.82, 2.24) is 4.37 Å². The topological polar surface area (TPSA) is 150 Å². The van der Waals surface area contributed by atoms with Crippen LogP contribution in [0.3, 0.4) is 0 Å². The number of rotatable bonds is 8. The predicted octanol–water partition coefficient (Wildman–Crippen LogP) is 3.57. The van der Waals surface area contributed by atoms with Gasteiger partial charge in [0.2, 0.25) is 0 Å². The smallest absolute Gasteiger partial charge is 0.271 e. The van der Waals surface area contributed by atoms with Crippen molar-refractivity contribution in [2.75, 3.05) is 11.9 Å². The van der Waals surface area contributed by atoms with Crippen molar-refractivity contribution in [2.24, 2.45) is 21.8 Å². The Kier molecular flexibility index (Phi) is 6.71. The van der Waals surface area contributed by atoms with Crippen LogP contribution in [0.25, 0.3) is 0 Å². The fraction of sp³-hybridized carbons (Fsp3) is 0.292. The van der Waals surface area contributed by atoms with Gasteiger partial charge in [0, 0.05) is 17.2 Å². The van der Waals surface area contributed by atoms with Crippen LogP contribution in [0, 0.1) is 17.7 Å². The molecule has 3 aromatic rings. The summed E-state index contributed by atoms with van der Waals surface area (Å²) in [5, 5.41) is 15.7. The van der Waals surface area contributed by atoms with E-state index in [4.69, 9.17) is 5.73 Å². The third-order valence-corrected chi connectivity index (χ3v) is 6.66. The Labute approximate surface area is 199 Å². The molecule has 2 unspecified atom stereocenters. The molecular formula is C24H25N5O4S. The van der Waals surface area contributed by atoms with Crippen LogP contribution in [-0.2, 0) is 12.8 Å². The van der Waals surface area contributed by atoms with E-state index >= 15 is 0 Å². The summed E-state index contributed by atoms with van der Waals surface area (Å²) in [6, 6.07) is 10.4. The highest BCUT2D eigenvalue weighted by Gasteiger charge is 2.30. The average Bonchev–Trinajstić information content (AvgIpc) is 3.41. The number of amidine groups is 1. The van der Waals surface area contributed by atoms with E-state index in [1.165, 1.54) is 11.6 Å². The Morgan fingerprint density at radius 1 is 1.26 bits per heavy atom. The Morgan fingerprint density at radius 2 is 2.03 bits per heavy atom. The highest BCUT2D eigenvalue weighted by atomic mass is 32.1. The number of carbonyl (C=O) groups is 1. The number of nitrogens with zero attached hydrogens (tertiary/aromatic N) is 2. The van der Waals surface area contributed by atoms with Crippen molar-refractivity contribution >= 4 is 39.5 Å². The summed E-state index contributed by atoms with van der Waals surface area (Å²) in [6.45, 7) is 3.48. The number of Topliss-reactive ketones (excluding diaryl/α,β-unsaturated/α-hetero) is 1. The third-order valence-electron chi connectivity index (χ3n) is 5.86. The van der Waals surface area contributed by atoms with E-state index in [0.29, 0.717) is 23.5 Å². The first kappa shape index (κ1) is 23.5. The van der Waals surface area contributed by atoms with E-state index in [1.54, 1.807) is 19.1 Å². The van der Waals surface area contributed by atoms with Gasteiger partial charge in [-0.3, -0.25) is 19.0 Å². The average molecular weight is 480 g/mol. The number of fused-ring (bicyclic) bond motifs is 1. The summed E-state index contributed by atoms with van der Waals surface area (Å²) in [4.78, 5) is 41.2. The number of aliphatic hydroxyl groups excluding tert-OH is 1. The molecule has 10 heteroatoms. The minimum atomic E-state index is -0.464. The quantitative estimate of drug-likeness (QED) is 0.168. The third kappa shape index (κ3) is 4.68. The Hall–Kier alpha value is -3.63. The number of H-pyrrole nitrogens is 1. The molecule has 0 saturated carbocycles. The Bertz CT molecular complexity index is 1340. The van der Waals surface area contributed by atoms with Crippen LogP contribution < -0.4 is 16.6 Å². The number of carbonyl (C=O) groups excluding carboxylic acids is 1. The van der Waals surface area contributed by atoms with E-state index < -0.39 is 11.6 Å². The van der Waals surface area contributed by atoms with Crippen molar-refractivity contribution in [3.8, 4) is 0 Å². The number of ketones is 1. The fourth-order valence-corrected chi connectivity index (χ4v) is 4.91. The molecule has 0 radical (unpaired) electrons. The predicted molar refractivity (Wildman–Crippen MR) is 134 cm³/mol. The molecule has 176 valence electrons. The molecule has 2 atom stereocenters. The minimum absolute atomic E-state index is 0.0110. The van der Waals surface area contributed by atoms with E-state index in [-0.39, 0.29) is 41.0 Å². The molecule has 0 spiro atoms. The first-order valence-corrected chi connectivity index (χ1v) is 11.6. The summed E-state index contributed by atoms with van der Waals surface area (Å²) in [5.41, 5.74) is 9.95. The molecule has 1 aromatic heterocycles. The second-order valence-corrected chi connectivity index (χ2v) is 9.29. The monoisotopic (exact) mass is 479 g/mol. The largest absolute Gasteiger partial charge is 0.394 e. The van der Waals surface area contributed by atoms with Crippen molar-refractivity contribution in [1.29, 1.82) is 0 Å². The highest BCUT2D eigenvalue weighted by Crippen LogP contribution is 2.34. The number of aromatic amines is 1. The van der Waals surface area contributed by atoms with Crippen molar-refractivity contribution in [3.05, 3.63) is 79.5 Å². The SMILES string of the molecule is Cc1ccc2c(c1)CC(C(=O)c1ccc(Nc3s[nH]c(=O)c3C(N)=NC(C)CO)cc1N=O)C2. The van der Waals surface area contributed by atoms with Crippen molar-refractivity contribution in [2.45, 2.75) is 32.7 Å². The number of nitrogens with one attached hydrogen (secondary N) is 2. The summed E-state index contributed by atoms with van der Waals surface area (Å²) < 4.78 is 2.60. The van der Waals surface area contributed by atoms with E-state index in [0.717, 1.165) is 22.7 Å². The number of aromatic nitrogens is 1. The maximum Gasteiger partial charge on any atom is 0.271 e. The molecule has 0 saturated heterocycles. The summed E-state index contributed by atoms with van der Waals surface area (Å²) in [7, 11) is 0. The van der Waals surface area contributed by atoms with E-state index in [9.17, 15) is 19.6 Å². The van der Waals surface area contributed by atoms with Crippen LogP contribution in [0.5, 0.6) is 0 Å². The van der Waals surface area contributed by atoms with E-state index in [2.05, 4.69) is 32.0 Å². The van der Waals surface area contributed by atoms with Gasteiger partial charge in [0.15, 0.2) is 5.78 Å². The fourth-order valence-electron chi connectivity index (χ4n) is 4.14. The Morgan fingerprint density at radius 3 is 2.76 bits per heavy atom. The molecule has 1 heterocycles. The summed E-state index contributed by atoms with van der Waals surface area (Å²) in [6.07, 6.45) is 1.28. The normalized spacial score (nSPS) is 16.2. The van der Waals surface area contributed by atoms with E-state index in [1.807, 2.05) is 13.0 Å². The van der Waals surface area contributed by atoms with Gasteiger partial charge in [0.05, 0.1) is 12.6 Å². The van der Waals surface area contributed by atoms with Crippen LogP contribution in [0.15, 0.2) is 51.4 Å². The number of benzene rings is 2. The lowest BCUT2D eigenvalue weighted by Crippen LogP contribution is -2.24. The van der Waals surface area contributed by atoms with Crippen LogP contribution in [-0.4, -0.2) is 33.7 Å². The molecule has 2 aromatic carbocycles. The highest BCUT2D eigenvalue weighted by molar-refractivity contribution is 7.10. The van der Waals surface area contributed by atoms with Crippen molar-refractivity contribution in [3.63, 3.8) is 0 Å². The van der Waals surface area contributed by atoms with Crippen LogP contribution in [0.2, 0.25) is 0 Å². The molecule has 5 N–H and O–H groups in total. The molecule has 1 aliphatic carbocycles. The summed E-state index contributed by atoms with van der Waals surface area (Å²) >= 11 is 1.02. The molecular weight excluding hydrogens is 454 g/mol. The maximum atomic E-state index is 13.2. The molecule has 0 amide bonds. The molecule has 9 nitrogen and oxygen atoms in total. The van der Waals surface area contributed by atoms with Crippen LogP contribution in [0.4, 0.5) is 16.4 Å². The zero-order valence-electron chi connectivity index (χ0n) is 18.8. The lowest BCUT2D eigenvalue weighted by Gasteiger charge is -2.12. The first-order chi connectivity index (χ1) is 16.3. The molecule has 1 aliphatic rings. The van der Waals surface area contributed by atoms with Gasteiger partial charge in [-0.25, -0.2) is 0 Å². The summed E-state index contributed by atoms with van der Waals surface area (Å²) in [5.74, 6) is -0.360. The molecule has 0 bridgehead atoms. The number of nitroso groups, excluding NO2 is 1. The van der Waals surface area contributed by atoms with Gasteiger partial charge in [-0.1, -0.05) is 23.8 Å². The van der Waals surface area contributed by atoms with Gasteiger partial charge < -0.3 is 16.2 Å². The minimum Gasteiger partial charge on any atom is -0.394 e. The molecule has 0 aliphatic heterocycles. The Balaban J connectivity index is 1.57. The maximum absolute atomic E-state index is 13.2. The molecule has 4 rings (SSSR count). The van der Waals surface area contributed by atoms with Gasteiger partial charge in [-0.05, 0) is 72.7 Å². The number of nitrogens with two attached hydrogens (primary N) is 1. The van der Waals surface area contributed by atoms with Gasteiger partial charge >= 0.3 is 0 Å². The van der Waals surface area contributed by atoms with Crippen LogP contribution >= 0.6 is 11.5 Å². The van der Waals surface area contributed by atoms with Gasteiger partial charge in [0.25, 0.3) is 5.56 Å². The number of anilines is 2. The second-order valence-electron chi connectivity index (χ2n) is 8.47. The zero-order valence-corrected chi connectivity index (χ0v) is 19.6.